The van der Waals surface area contributed by atoms with Crippen molar-refractivity contribution in [1.29, 1.82) is 0 Å². The summed E-state index contributed by atoms with van der Waals surface area (Å²) in [6, 6.07) is 10.6. The molecular weight excluding hydrogens is 369 g/mol. The Balaban J connectivity index is 1.57. The molecule has 0 aromatic heterocycles. The molecule has 28 heavy (non-hydrogen) atoms. The Labute approximate surface area is 162 Å². The van der Waals surface area contributed by atoms with Crippen molar-refractivity contribution in [1.82, 2.24) is 0 Å². The van der Waals surface area contributed by atoms with E-state index in [1.807, 2.05) is 25.2 Å². The van der Waals surface area contributed by atoms with Crippen LogP contribution in [0.25, 0.3) is 0 Å². The Bertz CT molecular complexity index is 835. The van der Waals surface area contributed by atoms with Crippen LogP contribution >= 0.6 is 0 Å². The van der Waals surface area contributed by atoms with Gasteiger partial charge in [0.1, 0.15) is 0 Å². The predicted molar refractivity (Wildman–Crippen MR) is 102 cm³/mol. The summed E-state index contributed by atoms with van der Waals surface area (Å²) in [5, 5.41) is 12.2. The topological polar surface area (TPSA) is 52.6 Å². The summed E-state index contributed by atoms with van der Waals surface area (Å²) in [6.07, 6.45) is -3.00. The van der Waals surface area contributed by atoms with Crippen LogP contribution in [0.3, 0.4) is 0 Å². The first-order chi connectivity index (χ1) is 13.3. The van der Waals surface area contributed by atoms with Crippen molar-refractivity contribution < 1.29 is 23.1 Å². The van der Waals surface area contributed by atoms with Gasteiger partial charge in [-0.2, -0.15) is 13.2 Å². The SMILES string of the molecule is CN1CC(CO)Cc2ccc(NC(=O)CCc3ccc(C(F)(F)F)cc3)cc21. The van der Waals surface area contributed by atoms with Gasteiger partial charge in [0.25, 0.3) is 0 Å². The van der Waals surface area contributed by atoms with Gasteiger partial charge in [0, 0.05) is 43.9 Å². The highest BCUT2D eigenvalue weighted by molar-refractivity contribution is 5.91. The molecular formula is C21H23F3N2O2. The Morgan fingerprint density at radius 3 is 2.57 bits per heavy atom. The fourth-order valence-electron chi connectivity index (χ4n) is 3.49. The summed E-state index contributed by atoms with van der Waals surface area (Å²) in [6.45, 7) is 0.904. The second kappa shape index (κ2) is 8.22. The molecule has 3 rings (SSSR count). The van der Waals surface area contributed by atoms with E-state index in [2.05, 4.69) is 10.2 Å². The zero-order valence-electron chi connectivity index (χ0n) is 15.6. The minimum atomic E-state index is -4.35. The Morgan fingerprint density at radius 2 is 1.93 bits per heavy atom. The molecule has 0 bridgehead atoms. The van der Waals surface area contributed by atoms with E-state index < -0.39 is 11.7 Å². The quantitative estimate of drug-likeness (QED) is 0.812. The number of nitrogens with zero attached hydrogens (tertiary/aromatic N) is 1. The zero-order chi connectivity index (χ0) is 20.3. The summed E-state index contributed by atoms with van der Waals surface area (Å²) < 4.78 is 37.8. The van der Waals surface area contributed by atoms with E-state index in [4.69, 9.17) is 0 Å². The average molecular weight is 392 g/mol. The van der Waals surface area contributed by atoms with Gasteiger partial charge in [-0.25, -0.2) is 0 Å². The van der Waals surface area contributed by atoms with E-state index in [0.717, 1.165) is 36.3 Å². The molecule has 1 amide bonds. The number of hydrogen-bond donors (Lipinski definition) is 2. The number of halogens is 3. The normalized spacial score (nSPS) is 16.6. The molecule has 0 aliphatic carbocycles. The molecule has 2 N–H and O–H groups in total. The van der Waals surface area contributed by atoms with Crippen molar-refractivity contribution in [2.75, 3.05) is 30.4 Å². The second-order valence-corrected chi connectivity index (χ2v) is 7.22. The zero-order valence-corrected chi connectivity index (χ0v) is 15.6. The van der Waals surface area contributed by atoms with Crippen LogP contribution in [0.4, 0.5) is 24.5 Å². The molecule has 1 aliphatic rings. The van der Waals surface area contributed by atoms with Gasteiger partial charge in [-0.1, -0.05) is 18.2 Å². The highest BCUT2D eigenvalue weighted by Gasteiger charge is 2.29. The highest BCUT2D eigenvalue weighted by atomic mass is 19.4. The number of fused-ring (bicyclic) bond motifs is 1. The minimum absolute atomic E-state index is 0.145. The number of anilines is 2. The van der Waals surface area contributed by atoms with Crippen molar-refractivity contribution in [2.24, 2.45) is 5.92 Å². The van der Waals surface area contributed by atoms with Gasteiger partial charge in [-0.3, -0.25) is 4.79 Å². The fraction of sp³-hybridized carbons (Fsp3) is 0.381. The van der Waals surface area contributed by atoms with E-state index in [1.165, 1.54) is 12.1 Å². The molecule has 2 aromatic carbocycles. The van der Waals surface area contributed by atoms with E-state index in [1.54, 1.807) is 0 Å². The molecule has 1 heterocycles. The molecule has 1 unspecified atom stereocenters. The lowest BCUT2D eigenvalue weighted by molar-refractivity contribution is -0.137. The molecule has 0 saturated carbocycles. The Kier molecular flexibility index (Phi) is 5.93. The first-order valence-corrected chi connectivity index (χ1v) is 9.17. The number of rotatable bonds is 5. The maximum Gasteiger partial charge on any atom is 0.416 e. The van der Waals surface area contributed by atoms with Crippen LogP contribution in [-0.4, -0.2) is 31.2 Å². The van der Waals surface area contributed by atoms with Crippen LogP contribution in [0.1, 0.15) is 23.1 Å². The third-order valence-electron chi connectivity index (χ3n) is 5.00. The standard InChI is InChI=1S/C21H23F3N2O2/c1-26-12-15(13-27)10-16-5-8-18(11-19(16)26)25-20(28)9-4-14-2-6-17(7-3-14)21(22,23)24/h2-3,5-8,11,15,27H,4,9-10,12-13H2,1H3,(H,25,28). The third-order valence-corrected chi connectivity index (χ3v) is 5.00. The number of carbonyl (C=O) groups excluding carboxylic acids is 1. The van der Waals surface area contributed by atoms with E-state index in [9.17, 15) is 23.1 Å². The van der Waals surface area contributed by atoms with Crippen LogP contribution < -0.4 is 10.2 Å². The maximum atomic E-state index is 12.6. The first-order valence-electron chi connectivity index (χ1n) is 9.17. The number of nitrogens with one attached hydrogen (secondary N) is 1. The van der Waals surface area contributed by atoms with Crippen molar-refractivity contribution in [3.05, 3.63) is 59.2 Å². The van der Waals surface area contributed by atoms with Gasteiger partial charge in [0.05, 0.1) is 5.56 Å². The predicted octanol–water partition coefficient (Wildman–Crippen LogP) is 3.88. The second-order valence-electron chi connectivity index (χ2n) is 7.22. The smallest absolute Gasteiger partial charge is 0.396 e. The van der Waals surface area contributed by atoms with Crippen molar-refractivity contribution >= 4 is 17.3 Å². The lowest BCUT2D eigenvalue weighted by Gasteiger charge is -2.33. The highest BCUT2D eigenvalue weighted by Crippen LogP contribution is 2.31. The molecule has 0 fully saturated rings. The number of benzene rings is 2. The van der Waals surface area contributed by atoms with Gasteiger partial charge >= 0.3 is 6.18 Å². The van der Waals surface area contributed by atoms with Crippen LogP contribution in [-0.2, 0) is 23.8 Å². The molecule has 0 spiro atoms. The van der Waals surface area contributed by atoms with Crippen molar-refractivity contribution in [2.45, 2.75) is 25.4 Å². The van der Waals surface area contributed by atoms with Gasteiger partial charge < -0.3 is 15.3 Å². The third kappa shape index (κ3) is 4.84. The Hall–Kier alpha value is -2.54. The summed E-state index contributed by atoms with van der Waals surface area (Å²) in [5.41, 5.74) is 2.84. The number of hydrogen-bond acceptors (Lipinski definition) is 3. The molecule has 7 heteroatoms. The van der Waals surface area contributed by atoms with Crippen molar-refractivity contribution in [3.63, 3.8) is 0 Å². The van der Waals surface area contributed by atoms with Gasteiger partial charge in [0.2, 0.25) is 5.91 Å². The molecule has 1 atom stereocenters. The number of carbonyl (C=O) groups is 1. The summed E-state index contributed by atoms with van der Waals surface area (Å²) in [4.78, 5) is 14.3. The average Bonchev–Trinajstić information content (AvgIpc) is 2.66. The molecule has 150 valence electrons. The number of amides is 1. The maximum absolute atomic E-state index is 12.6. The largest absolute Gasteiger partial charge is 0.416 e. The monoisotopic (exact) mass is 392 g/mol. The number of aryl methyl sites for hydroxylation is 1. The molecule has 0 saturated heterocycles. The number of aliphatic hydroxyl groups is 1. The number of alkyl halides is 3. The Morgan fingerprint density at radius 1 is 1.21 bits per heavy atom. The summed E-state index contributed by atoms with van der Waals surface area (Å²) >= 11 is 0. The molecule has 0 radical (unpaired) electrons. The minimum Gasteiger partial charge on any atom is -0.396 e. The molecule has 1 aliphatic heterocycles. The summed E-state index contributed by atoms with van der Waals surface area (Å²) in [7, 11) is 1.96. The van der Waals surface area contributed by atoms with Crippen molar-refractivity contribution in [3.8, 4) is 0 Å². The summed E-state index contributed by atoms with van der Waals surface area (Å²) in [5.74, 6) is 0.0215. The van der Waals surface area contributed by atoms with Gasteiger partial charge in [0.15, 0.2) is 0 Å². The van der Waals surface area contributed by atoms with Gasteiger partial charge in [-0.15, -0.1) is 0 Å². The number of aliphatic hydroxyl groups excluding tert-OH is 1. The van der Waals surface area contributed by atoms with Crippen LogP contribution in [0.15, 0.2) is 42.5 Å². The van der Waals surface area contributed by atoms with Crippen LogP contribution in [0.5, 0.6) is 0 Å². The first kappa shape index (κ1) is 20.2. The van der Waals surface area contributed by atoms with Crippen LogP contribution in [0, 0.1) is 5.92 Å². The van der Waals surface area contributed by atoms with E-state index in [-0.39, 0.29) is 24.9 Å². The van der Waals surface area contributed by atoms with Crippen LogP contribution in [0.2, 0.25) is 0 Å². The van der Waals surface area contributed by atoms with E-state index in [0.29, 0.717) is 17.7 Å². The van der Waals surface area contributed by atoms with Gasteiger partial charge in [-0.05, 0) is 48.2 Å². The lowest BCUT2D eigenvalue weighted by Crippen LogP contribution is -2.34. The fourth-order valence-corrected chi connectivity index (χ4v) is 3.49. The van der Waals surface area contributed by atoms with E-state index >= 15 is 0 Å². The molecule has 2 aromatic rings. The lowest BCUT2D eigenvalue weighted by atomic mass is 9.93. The molecule has 4 nitrogen and oxygen atoms in total.